The van der Waals surface area contributed by atoms with Crippen LogP contribution in [0.25, 0.3) is 0 Å². The molecule has 0 fully saturated rings. The van der Waals surface area contributed by atoms with Crippen molar-refractivity contribution in [2.75, 3.05) is 39.6 Å². The number of esters is 4. The van der Waals surface area contributed by atoms with Crippen molar-refractivity contribution in [3.63, 3.8) is 0 Å². The van der Waals surface area contributed by atoms with E-state index in [2.05, 4.69) is 48.5 Å². The van der Waals surface area contributed by atoms with E-state index in [0.29, 0.717) is 25.7 Å². The molecule has 0 heterocycles. The highest BCUT2D eigenvalue weighted by molar-refractivity contribution is 7.47. The molecule has 0 bridgehead atoms. The van der Waals surface area contributed by atoms with Gasteiger partial charge in [-0.15, -0.1) is 0 Å². The predicted molar refractivity (Wildman–Crippen MR) is 340 cm³/mol. The molecular weight excluding hydrogens is 1130 g/mol. The maximum Gasteiger partial charge on any atom is 0.472 e. The van der Waals surface area contributed by atoms with Crippen molar-refractivity contribution in [3.05, 3.63) is 0 Å². The molecule has 85 heavy (non-hydrogen) atoms. The van der Waals surface area contributed by atoms with Crippen LogP contribution in [0.1, 0.15) is 325 Å². The van der Waals surface area contributed by atoms with E-state index >= 15 is 0 Å². The molecule has 504 valence electrons. The number of carbonyl (C=O) groups excluding carboxylic acids is 4. The molecule has 0 amide bonds. The second-order valence-corrected chi connectivity index (χ2v) is 28.2. The Morgan fingerprint density at radius 1 is 0.318 bits per heavy atom. The predicted octanol–water partition coefficient (Wildman–Crippen LogP) is 18.3. The van der Waals surface area contributed by atoms with Crippen LogP contribution in [-0.2, 0) is 65.4 Å². The summed E-state index contributed by atoms with van der Waals surface area (Å²) < 4.78 is 67.9. The lowest BCUT2D eigenvalue weighted by atomic mass is 10.0. The average molecular weight is 1260 g/mol. The molecular formula is C66H128O17P2. The van der Waals surface area contributed by atoms with Crippen LogP contribution in [0.4, 0.5) is 0 Å². The quantitative estimate of drug-likeness (QED) is 0.0222. The van der Waals surface area contributed by atoms with Crippen molar-refractivity contribution in [1.82, 2.24) is 0 Å². The lowest BCUT2D eigenvalue weighted by Crippen LogP contribution is -2.30. The van der Waals surface area contributed by atoms with Gasteiger partial charge in [-0.3, -0.25) is 37.3 Å². The molecule has 0 aliphatic carbocycles. The van der Waals surface area contributed by atoms with Crippen LogP contribution in [0, 0.1) is 17.8 Å². The third-order valence-corrected chi connectivity index (χ3v) is 17.0. The number of unbranched alkanes of at least 4 members (excludes halogenated alkanes) is 32. The zero-order valence-electron chi connectivity index (χ0n) is 55.1. The Labute approximate surface area is 517 Å². The summed E-state index contributed by atoms with van der Waals surface area (Å²) in [4.78, 5) is 72.1. The fourth-order valence-corrected chi connectivity index (χ4v) is 11.4. The fraction of sp³-hybridized carbons (Fsp3) is 0.939. The molecule has 0 spiro atoms. The molecule has 17 nitrogen and oxygen atoms in total. The summed E-state index contributed by atoms with van der Waals surface area (Å²) in [7, 11) is -9.88. The summed E-state index contributed by atoms with van der Waals surface area (Å²) in [6, 6.07) is 0. The van der Waals surface area contributed by atoms with Crippen molar-refractivity contribution in [1.29, 1.82) is 0 Å². The third kappa shape index (κ3) is 60.7. The van der Waals surface area contributed by atoms with Gasteiger partial charge in [0, 0.05) is 25.7 Å². The first-order valence-electron chi connectivity index (χ1n) is 34.3. The molecule has 5 atom stereocenters. The Bertz CT molecular complexity index is 1680. The van der Waals surface area contributed by atoms with Crippen LogP contribution in [-0.4, -0.2) is 96.7 Å². The Balaban J connectivity index is 5.18. The van der Waals surface area contributed by atoms with E-state index in [4.69, 9.17) is 37.0 Å². The van der Waals surface area contributed by atoms with Crippen LogP contribution < -0.4 is 0 Å². The highest BCUT2D eigenvalue weighted by Crippen LogP contribution is 2.45. The molecule has 19 heteroatoms. The van der Waals surface area contributed by atoms with Crippen molar-refractivity contribution < 1.29 is 80.2 Å². The summed E-state index contributed by atoms with van der Waals surface area (Å²) in [5.41, 5.74) is 0. The van der Waals surface area contributed by atoms with Crippen molar-refractivity contribution in [2.45, 2.75) is 343 Å². The Hall–Kier alpha value is -1.94. The van der Waals surface area contributed by atoms with Crippen molar-refractivity contribution in [3.8, 4) is 0 Å². The monoisotopic (exact) mass is 1250 g/mol. The number of carbonyl (C=O) groups is 4. The Kier molecular flexibility index (Phi) is 55.9. The van der Waals surface area contributed by atoms with Gasteiger partial charge < -0.3 is 33.8 Å². The second kappa shape index (κ2) is 57.2. The summed E-state index contributed by atoms with van der Waals surface area (Å²) in [5.74, 6) is 0.129. The number of aliphatic hydroxyl groups excluding tert-OH is 1. The maximum atomic E-state index is 13.0. The van der Waals surface area contributed by atoms with Gasteiger partial charge in [-0.25, -0.2) is 9.13 Å². The van der Waals surface area contributed by atoms with Crippen LogP contribution in [0.15, 0.2) is 0 Å². The van der Waals surface area contributed by atoms with Crippen molar-refractivity contribution >= 4 is 39.5 Å². The molecule has 0 aliphatic rings. The molecule has 0 saturated carbocycles. The lowest BCUT2D eigenvalue weighted by Gasteiger charge is -2.21. The van der Waals surface area contributed by atoms with E-state index in [1.54, 1.807) is 0 Å². The molecule has 0 rings (SSSR count). The van der Waals surface area contributed by atoms with Gasteiger partial charge in [0.2, 0.25) is 0 Å². The van der Waals surface area contributed by atoms with E-state index in [9.17, 15) is 43.2 Å². The van der Waals surface area contributed by atoms with Gasteiger partial charge in [0.1, 0.15) is 19.3 Å². The normalized spacial score (nSPS) is 14.3. The summed E-state index contributed by atoms with van der Waals surface area (Å²) in [5, 5.41) is 10.5. The maximum absolute atomic E-state index is 13.0. The van der Waals surface area contributed by atoms with E-state index in [-0.39, 0.29) is 25.7 Å². The van der Waals surface area contributed by atoms with E-state index in [0.717, 1.165) is 114 Å². The molecule has 0 aromatic rings. The SMILES string of the molecule is CCCCCCCC(=O)OC[C@H](COP(=O)(O)OC[C@H](O)COP(=O)(O)OC[C@@H](COC(=O)CCCCCCCCCCCCC(C)C)OC(=O)CCCCCCCCCCCCCCC(C)C)OC(=O)CCCCCCCCCCCC(C)C. The summed E-state index contributed by atoms with van der Waals surface area (Å²) in [6.07, 6.45) is 39.3. The number of ether oxygens (including phenoxy) is 4. The topological polar surface area (TPSA) is 237 Å². The van der Waals surface area contributed by atoms with Gasteiger partial charge in [-0.2, -0.15) is 0 Å². The largest absolute Gasteiger partial charge is 0.472 e. The molecule has 0 aliphatic heterocycles. The lowest BCUT2D eigenvalue weighted by molar-refractivity contribution is -0.161. The van der Waals surface area contributed by atoms with E-state index < -0.39 is 97.5 Å². The minimum atomic E-state index is -4.95. The zero-order chi connectivity index (χ0) is 63.1. The average Bonchev–Trinajstić information content (AvgIpc) is 3.56. The second-order valence-electron chi connectivity index (χ2n) is 25.3. The van der Waals surface area contributed by atoms with Crippen LogP contribution in [0.5, 0.6) is 0 Å². The van der Waals surface area contributed by atoms with Gasteiger partial charge >= 0.3 is 39.5 Å². The summed E-state index contributed by atoms with van der Waals surface area (Å²) >= 11 is 0. The first-order chi connectivity index (χ1) is 40.7. The molecule has 0 radical (unpaired) electrons. The number of rotatable bonds is 64. The van der Waals surface area contributed by atoms with Crippen LogP contribution >= 0.6 is 15.6 Å². The number of phosphoric acid groups is 2. The third-order valence-electron chi connectivity index (χ3n) is 15.1. The number of phosphoric ester groups is 2. The molecule has 0 saturated heterocycles. The molecule has 2 unspecified atom stereocenters. The van der Waals surface area contributed by atoms with Gasteiger partial charge in [0.05, 0.1) is 26.4 Å². The number of aliphatic hydroxyl groups is 1. The Morgan fingerprint density at radius 2 is 0.541 bits per heavy atom. The van der Waals surface area contributed by atoms with E-state index in [1.807, 2.05) is 0 Å². The molecule has 0 aromatic heterocycles. The van der Waals surface area contributed by atoms with E-state index in [1.165, 1.54) is 128 Å². The fourth-order valence-electron chi connectivity index (χ4n) is 9.83. The highest BCUT2D eigenvalue weighted by Gasteiger charge is 2.30. The molecule has 3 N–H and O–H groups in total. The van der Waals surface area contributed by atoms with Crippen LogP contribution in [0.3, 0.4) is 0 Å². The number of hydrogen-bond acceptors (Lipinski definition) is 15. The highest BCUT2D eigenvalue weighted by atomic mass is 31.2. The first-order valence-corrected chi connectivity index (χ1v) is 37.3. The van der Waals surface area contributed by atoms with Gasteiger partial charge in [0.25, 0.3) is 0 Å². The van der Waals surface area contributed by atoms with Gasteiger partial charge in [-0.05, 0) is 43.4 Å². The van der Waals surface area contributed by atoms with Gasteiger partial charge in [0.15, 0.2) is 12.2 Å². The van der Waals surface area contributed by atoms with Gasteiger partial charge in [-0.1, -0.05) is 273 Å². The van der Waals surface area contributed by atoms with Crippen LogP contribution in [0.2, 0.25) is 0 Å². The Morgan fingerprint density at radius 3 is 0.800 bits per heavy atom. The minimum absolute atomic E-state index is 0.104. The number of hydrogen-bond donors (Lipinski definition) is 3. The van der Waals surface area contributed by atoms with Crippen molar-refractivity contribution in [2.24, 2.45) is 17.8 Å². The minimum Gasteiger partial charge on any atom is -0.462 e. The molecule has 0 aromatic carbocycles. The first kappa shape index (κ1) is 83.1. The zero-order valence-corrected chi connectivity index (χ0v) is 56.9. The summed E-state index contributed by atoms with van der Waals surface area (Å²) in [6.45, 7) is 11.7. The standard InChI is InChI=1S/C66H128O17P2/c1-8-9-10-30-40-47-63(68)76-53-61(82-66(71)50-43-36-29-23-17-20-26-33-39-46-59(6)7)55-80-84(72,73)78-51-60(67)52-79-85(74,75)81-56-62(54-77-64(69)48-41-34-27-21-16-15-19-25-32-38-45-58(4)5)83-65(70)49-42-35-28-22-14-12-11-13-18-24-31-37-44-57(2)3/h57-62,67H,8-56H2,1-7H3,(H,72,73)(H,74,75)/t60-,61+,62+/m0/s1. The smallest absolute Gasteiger partial charge is 0.462 e.